The van der Waals surface area contributed by atoms with Gasteiger partial charge in [-0.2, -0.15) is 0 Å². The zero-order chi connectivity index (χ0) is 12.2. The van der Waals surface area contributed by atoms with Crippen LogP contribution in [0.3, 0.4) is 0 Å². The Balaban J connectivity index is 2.75. The Morgan fingerprint density at radius 1 is 1.44 bits per heavy atom. The van der Waals surface area contributed by atoms with Crippen LogP contribution in [0, 0.1) is 0 Å². The molecule has 0 heterocycles. The van der Waals surface area contributed by atoms with Crippen LogP contribution in [-0.2, 0) is 0 Å². The zero-order valence-corrected chi connectivity index (χ0v) is 8.71. The summed E-state index contributed by atoms with van der Waals surface area (Å²) in [5, 5.41) is 2.95. The van der Waals surface area contributed by atoms with Crippen LogP contribution in [0.15, 0.2) is 36.9 Å². The van der Waals surface area contributed by atoms with Crippen molar-refractivity contribution >= 4 is 5.69 Å². The number of alkyl halides is 3. The maximum atomic E-state index is 11.9. The first kappa shape index (κ1) is 12.4. The van der Waals surface area contributed by atoms with E-state index in [1.807, 2.05) is 6.92 Å². The molecule has 0 saturated heterocycles. The van der Waals surface area contributed by atoms with E-state index in [1.54, 1.807) is 12.1 Å². The van der Waals surface area contributed by atoms with Crippen molar-refractivity contribution in [3.63, 3.8) is 0 Å². The first-order valence-corrected chi connectivity index (χ1v) is 4.65. The molecule has 88 valence electrons. The lowest BCUT2D eigenvalue weighted by Gasteiger charge is -2.13. The number of rotatable bonds is 4. The number of benzene rings is 1. The number of hydrogen-bond donors (Lipinski definition) is 1. The van der Waals surface area contributed by atoms with Gasteiger partial charge >= 0.3 is 6.36 Å². The fourth-order valence-electron chi connectivity index (χ4n) is 1.10. The molecule has 1 N–H and O–H groups in total. The molecule has 1 atom stereocenters. The van der Waals surface area contributed by atoms with E-state index in [0.29, 0.717) is 5.69 Å². The van der Waals surface area contributed by atoms with Gasteiger partial charge in [-0.15, -0.1) is 19.8 Å². The van der Waals surface area contributed by atoms with Crippen molar-refractivity contribution in [1.29, 1.82) is 0 Å². The smallest absolute Gasteiger partial charge is 0.406 e. The van der Waals surface area contributed by atoms with Gasteiger partial charge < -0.3 is 10.1 Å². The Bertz CT molecular complexity index is 362. The highest BCUT2D eigenvalue weighted by Gasteiger charge is 2.31. The highest BCUT2D eigenvalue weighted by Crippen LogP contribution is 2.25. The van der Waals surface area contributed by atoms with Crippen LogP contribution in [-0.4, -0.2) is 12.4 Å². The van der Waals surface area contributed by atoms with Gasteiger partial charge in [0.05, 0.1) is 0 Å². The van der Waals surface area contributed by atoms with Crippen molar-refractivity contribution in [2.45, 2.75) is 19.3 Å². The van der Waals surface area contributed by atoms with E-state index in [-0.39, 0.29) is 11.8 Å². The molecule has 0 aromatic heterocycles. The molecule has 1 unspecified atom stereocenters. The molecule has 2 nitrogen and oxygen atoms in total. The first-order valence-electron chi connectivity index (χ1n) is 4.65. The summed E-state index contributed by atoms with van der Waals surface area (Å²) in [6.07, 6.45) is -3.01. The minimum absolute atomic E-state index is 0.0267. The summed E-state index contributed by atoms with van der Waals surface area (Å²) in [6, 6.07) is 5.65. The van der Waals surface area contributed by atoms with Crippen molar-refractivity contribution in [2.24, 2.45) is 0 Å². The summed E-state index contributed by atoms with van der Waals surface area (Å²) in [5.41, 5.74) is 0.550. The normalized spacial score (nSPS) is 13.0. The maximum absolute atomic E-state index is 11.9. The summed E-state index contributed by atoms with van der Waals surface area (Å²) in [7, 11) is 0. The number of anilines is 1. The minimum Gasteiger partial charge on any atom is -0.406 e. The first-order chi connectivity index (χ1) is 7.40. The minimum atomic E-state index is -4.66. The Kier molecular flexibility index (Phi) is 3.82. The summed E-state index contributed by atoms with van der Waals surface area (Å²) in [6.45, 7) is 5.40. The molecule has 0 fully saturated rings. The standard InChI is InChI=1S/C11H12F3NO/c1-3-8(2)15-9-5-4-6-10(7-9)16-11(12,13)14/h3-8,15H,1H2,2H3. The maximum Gasteiger partial charge on any atom is 0.573 e. The predicted molar refractivity (Wildman–Crippen MR) is 56.4 cm³/mol. The van der Waals surface area contributed by atoms with E-state index in [4.69, 9.17) is 0 Å². The Labute approximate surface area is 91.7 Å². The summed E-state index contributed by atoms with van der Waals surface area (Å²) >= 11 is 0. The van der Waals surface area contributed by atoms with Gasteiger partial charge in [-0.1, -0.05) is 12.1 Å². The lowest BCUT2D eigenvalue weighted by Crippen LogP contribution is -2.17. The summed E-state index contributed by atoms with van der Waals surface area (Å²) < 4.78 is 39.6. The number of hydrogen-bond acceptors (Lipinski definition) is 2. The fraction of sp³-hybridized carbons (Fsp3) is 0.273. The molecule has 0 amide bonds. The molecule has 16 heavy (non-hydrogen) atoms. The van der Waals surface area contributed by atoms with Crippen LogP contribution in [0.25, 0.3) is 0 Å². The van der Waals surface area contributed by atoms with E-state index in [0.717, 1.165) is 0 Å². The van der Waals surface area contributed by atoms with Gasteiger partial charge in [-0.3, -0.25) is 0 Å². The van der Waals surface area contributed by atoms with Gasteiger partial charge in [0.25, 0.3) is 0 Å². The van der Waals surface area contributed by atoms with Crippen LogP contribution in [0.1, 0.15) is 6.92 Å². The number of halogens is 3. The van der Waals surface area contributed by atoms with Crippen molar-refractivity contribution in [3.8, 4) is 5.75 Å². The Morgan fingerprint density at radius 2 is 2.12 bits per heavy atom. The average molecular weight is 231 g/mol. The number of ether oxygens (including phenoxy) is 1. The van der Waals surface area contributed by atoms with E-state index in [2.05, 4.69) is 16.6 Å². The quantitative estimate of drug-likeness (QED) is 0.800. The molecule has 0 bridgehead atoms. The molecular formula is C11H12F3NO. The van der Waals surface area contributed by atoms with Gasteiger partial charge in [-0.25, -0.2) is 0 Å². The second-order valence-electron chi connectivity index (χ2n) is 3.24. The molecule has 1 aromatic rings. The SMILES string of the molecule is C=CC(C)Nc1cccc(OC(F)(F)F)c1. The largest absolute Gasteiger partial charge is 0.573 e. The molecule has 0 radical (unpaired) electrons. The van der Waals surface area contributed by atoms with Gasteiger partial charge in [0.2, 0.25) is 0 Å². The van der Waals surface area contributed by atoms with E-state index in [9.17, 15) is 13.2 Å². The second-order valence-corrected chi connectivity index (χ2v) is 3.24. The molecule has 1 aromatic carbocycles. The van der Waals surface area contributed by atoms with Crippen LogP contribution in [0.5, 0.6) is 5.75 Å². The highest BCUT2D eigenvalue weighted by molar-refractivity contribution is 5.49. The van der Waals surface area contributed by atoms with Crippen molar-refractivity contribution in [2.75, 3.05) is 5.32 Å². The third-order valence-corrected chi connectivity index (χ3v) is 1.82. The Hall–Kier alpha value is -1.65. The third-order valence-electron chi connectivity index (χ3n) is 1.82. The third kappa shape index (κ3) is 4.25. The van der Waals surface area contributed by atoms with E-state index < -0.39 is 6.36 Å². The topological polar surface area (TPSA) is 21.3 Å². The highest BCUT2D eigenvalue weighted by atomic mass is 19.4. The van der Waals surface area contributed by atoms with E-state index in [1.165, 1.54) is 18.2 Å². The van der Waals surface area contributed by atoms with Gasteiger partial charge in [0.15, 0.2) is 0 Å². The molecule has 1 rings (SSSR count). The fourth-order valence-corrected chi connectivity index (χ4v) is 1.10. The van der Waals surface area contributed by atoms with E-state index >= 15 is 0 Å². The van der Waals surface area contributed by atoms with Crippen molar-refractivity contribution < 1.29 is 17.9 Å². The lowest BCUT2D eigenvalue weighted by molar-refractivity contribution is -0.274. The predicted octanol–water partition coefficient (Wildman–Crippen LogP) is 3.57. The zero-order valence-electron chi connectivity index (χ0n) is 8.71. The van der Waals surface area contributed by atoms with Crippen molar-refractivity contribution in [3.05, 3.63) is 36.9 Å². The molecule has 0 aliphatic heterocycles. The monoisotopic (exact) mass is 231 g/mol. The molecule has 0 aliphatic rings. The second kappa shape index (κ2) is 4.92. The van der Waals surface area contributed by atoms with Gasteiger partial charge in [0.1, 0.15) is 5.75 Å². The van der Waals surface area contributed by atoms with Crippen molar-refractivity contribution in [1.82, 2.24) is 0 Å². The van der Waals surface area contributed by atoms with Crippen LogP contribution < -0.4 is 10.1 Å². The van der Waals surface area contributed by atoms with Crippen LogP contribution in [0.2, 0.25) is 0 Å². The lowest BCUT2D eigenvalue weighted by atomic mass is 10.2. The molecular weight excluding hydrogens is 219 g/mol. The summed E-state index contributed by atoms with van der Waals surface area (Å²) in [4.78, 5) is 0. The molecule has 0 saturated carbocycles. The van der Waals surface area contributed by atoms with Crippen LogP contribution in [0.4, 0.5) is 18.9 Å². The molecule has 5 heteroatoms. The number of nitrogens with one attached hydrogen (secondary N) is 1. The van der Waals surface area contributed by atoms with Gasteiger partial charge in [0, 0.05) is 17.8 Å². The molecule has 0 aliphatic carbocycles. The van der Waals surface area contributed by atoms with Crippen LogP contribution >= 0.6 is 0 Å². The summed E-state index contributed by atoms with van der Waals surface area (Å²) in [5.74, 6) is -0.242. The van der Waals surface area contributed by atoms with Gasteiger partial charge in [-0.05, 0) is 19.1 Å². The molecule has 0 spiro atoms. The average Bonchev–Trinajstić information content (AvgIpc) is 2.15. The Morgan fingerprint density at radius 3 is 2.69 bits per heavy atom.